The third-order valence-electron chi connectivity index (χ3n) is 5.58. The van der Waals surface area contributed by atoms with Crippen molar-refractivity contribution in [1.82, 2.24) is 19.7 Å². The molecule has 8 nitrogen and oxygen atoms in total. The van der Waals surface area contributed by atoms with Crippen molar-refractivity contribution in [2.45, 2.75) is 37.6 Å². The molecule has 0 bridgehead atoms. The molecule has 162 valence electrons. The zero-order valence-electron chi connectivity index (χ0n) is 17.5. The minimum atomic E-state index is -3.81. The molecule has 0 unspecified atom stereocenters. The van der Waals surface area contributed by atoms with E-state index in [1.165, 1.54) is 18.5 Å². The van der Waals surface area contributed by atoms with Crippen LogP contribution in [0.2, 0.25) is 0 Å². The number of nitrogens with zero attached hydrogens (tertiary/aromatic N) is 4. The lowest BCUT2D eigenvalue weighted by molar-refractivity contribution is 0.0689. The molecule has 31 heavy (non-hydrogen) atoms. The van der Waals surface area contributed by atoms with Crippen molar-refractivity contribution in [3.05, 3.63) is 71.8 Å². The van der Waals surface area contributed by atoms with E-state index in [0.29, 0.717) is 24.3 Å². The van der Waals surface area contributed by atoms with Crippen molar-refractivity contribution in [2.75, 3.05) is 17.8 Å². The first-order chi connectivity index (χ1) is 14.8. The molecule has 1 N–H and O–H groups in total. The van der Waals surface area contributed by atoms with E-state index in [2.05, 4.69) is 14.8 Å². The van der Waals surface area contributed by atoms with E-state index in [4.69, 9.17) is 0 Å². The summed E-state index contributed by atoms with van der Waals surface area (Å²) in [5, 5.41) is 4.19. The number of carbonyl (C=O) groups excluding carboxylic acids is 1. The van der Waals surface area contributed by atoms with Crippen LogP contribution in [0.1, 0.15) is 40.4 Å². The fourth-order valence-corrected chi connectivity index (χ4v) is 4.91. The Hall–Kier alpha value is -3.20. The Bertz CT molecular complexity index is 1180. The molecule has 1 amide bonds. The Morgan fingerprint density at radius 1 is 1.10 bits per heavy atom. The summed E-state index contributed by atoms with van der Waals surface area (Å²) in [5.74, 6) is -0.151. The Morgan fingerprint density at radius 3 is 2.55 bits per heavy atom. The first-order valence-corrected chi connectivity index (χ1v) is 11.7. The molecule has 0 spiro atoms. The normalized spacial score (nSPS) is 15.1. The molecule has 1 aliphatic heterocycles. The predicted octanol–water partition coefficient (Wildman–Crippen LogP) is 3.17. The van der Waals surface area contributed by atoms with E-state index in [-0.39, 0.29) is 16.8 Å². The lowest BCUT2D eigenvalue weighted by atomic mass is 10.0. The largest absolute Gasteiger partial charge is 0.338 e. The second kappa shape index (κ2) is 8.50. The van der Waals surface area contributed by atoms with Crippen LogP contribution in [-0.2, 0) is 10.0 Å². The molecule has 0 atom stereocenters. The van der Waals surface area contributed by atoms with Gasteiger partial charge >= 0.3 is 0 Å². The number of aryl methyl sites for hydroxylation is 2. The topological polar surface area (TPSA) is 97.2 Å². The number of hydrogen-bond acceptors (Lipinski definition) is 5. The predicted molar refractivity (Wildman–Crippen MR) is 117 cm³/mol. The second-order valence-electron chi connectivity index (χ2n) is 7.85. The van der Waals surface area contributed by atoms with Crippen LogP contribution in [0.5, 0.6) is 0 Å². The van der Waals surface area contributed by atoms with Crippen LogP contribution in [0.3, 0.4) is 0 Å². The van der Waals surface area contributed by atoms with Crippen molar-refractivity contribution < 1.29 is 13.2 Å². The maximum absolute atomic E-state index is 13.2. The number of nitrogens with one attached hydrogen (secondary N) is 1. The summed E-state index contributed by atoms with van der Waals surface area (Å²) in [7, 11) is -3.81. The van der Waals surface area contributed by atoms with Gasteiger partial charge < -0.3 is 4.90 Å². The summed E-state index contributed by atoms with van der Waals surface area (Å²) in [4.78, 5) is 19.0. The van der Waals surface area contributed by atoms with Gasteiger partial charge in [0.05, 0.1) is 10.9 Å². The highest BCUT2D eigenvalue weighted by Gasteiger charge is 2.27. The molecule has 2 heterocycles. The van der Waals surface area contributed by atoms with Crippen molar-refractivity contribution >= 4 is 21.6 Å². The highest BCUT2D eigenvalue weighted by atomic mass is 32.2. The Kier molecular flexibility index (Phi) is 5.77. The van der Waals surface area contributed by atoms with Gasteiger partial charge in [0.25, 0.3) is 15.9 Å². The SMILES string of the molecule is Cc1cccc(NS(=O)(=O)c2ccc(C)c(C(=O)N3CCC(n4cncn4)CC3)c2)c1. The van der Waals surface area contributed by atoms with Gasteiger partial charge in [-0.2, -0.15) is 5.10 Å². The van der Waals surface area contributed by atoms with Crippen LogP contribution in [-0.4, -0.2) is 47.1 Å². The Labute approximate surface area is 182 Å². The number of hydrogen-bond donors (Lipinski definition) is 1. The van der Waals surface area contributed by atoms with Gasteiger partial charge in [-0.25, -0.2) is 18.1 Å². The lowest BCUT2D eigenvalue weighted by Gasteiger charge is -2.32. The van der Waals surface area contributed by atoms with Crippen molar-refractivity contribution in [3.8, 4) is 0 Å². The van der Waals surface area contributed by atoms with Crippen molar-refractivity contribution in [1.29, 1.82) is 0 Å². The van der Waals surface area contributed by atoms with Crippen LogP contribution in [0, 0.1) is 13.8 Å². The summed E-state index contributed by atoms with van der Waals surface area (Å²) < 4.78 is 30.2. The second-order valence-corrected chi connectivity index (χ2v) is 9.53. The van der Waals surface area contributed by atoms with Crippen LogP contribution in [0.4, 0.5) is 5.69 Å². The number of likely N-dealkylation sites (tertiary alicyclic amines) is 1. The van der Waals surface area contributed by atoms with Crippen molar-refractivity contribution in [2.24, 2.45) is 0 Å². The average molecular weight is 440 g/mol. The van der Waals surface area contributed by atoms with Gasteiger partial charge in [0.1, 0.15) is 12.7 Å². The maximum atomic E-state index is 13.2. The monoisotopic (exact) mass is 439 g/mol. The van der Waals surface area contributed by atoms with E-state index < -0.39 is 10.0 Å². The van der Waals surface area contributed by atoms with Crippen molar-refractivity contribution in [3.63, 3.8) is 0 Å². The summed E-state index contributed by atoms with van der Waals surface area (Å²) in [6.45, 7) is 4.88. The minimum absolute atomic E-state index is 0.0699. The Balaban J connectivity index is 1.51. The first-order valence-electron chi connectivity index (χ1n) is 10.2. The molecule has 1 fully saturated rings. The third-order valence-corrected chi connectivity index (χ3v) is 6.96. The number of sulfonamides is 1. The van der Waals surface area contributed by atoms with Gasteiger partial charge in [0.15, 0.2) is 0 Å². The fraction of sp³-hybridized carbons (Fsp3) is 0.318. The summed E-state index contributed by atoms with van der Waals surface area (Å²) in [6.07, 6.45) is 4.77. The van der Waals surface area contributed by atoms with Crippen LogP contribution in [0.25, 0.3) is 0 Å². The van der Waals surface area contributed by atoms with E-state index >= 15 is 0 Å². The smallest absolute Gasteiger partial charge is 0.261 e. The van der Waals surface area contributed by atoms with E-state index in [1.54, 1.807) is 35.5 Å². The fourth-order valence-electron chi connectivity index (χ4n) is 3.83. The van der Waals surface area contributed by atoms with Gasteiger partial charge in [-0.15, -0.1) is 0 Å². The molecule has 4 rings (SSSR count). The van der Waals surface area contributed by atoms with Gasteiger partial charge in [-0.1, -0.05) is 18.2 Å². The third kappa shape index (κ3) is 4.61. The van der Waals surface area contributed by atoms with E-state index in [0.717, 1.165) is 24.0 Å². The number of piperidine rings is 1. The molecule has 1 saturated heterocycles. The van der Waals surface area contributed by atoms with Gasteiger partial charge in [-0.3, -0.25) is 9.52 Å². The molecular weight excluding hydrogens is 414 g/mol. The highest BCUT2D eigenvalue weighted by molar-refractivity contribution is 7.92. The summed E-state index contributed by atoms with van der Waals surface area (Å²) in [6, 6.07) is 12.0. The maximum Gasteiger partial charge on any atom is 0.261 e. The van der Waals surface area contributed by atoms with Gasteiger partial charge in [0.2, 0.25) is 0 Å². The average Bonchev–Trinajstić information content (AvgIpc) is 3.28. The zero-order chi connectivity index (χ0) is 22.0. The molecular formula is C22H25N5O3S. The number of amides is 1. The standard InChI is InChI=1S/C22H25N5O3S/c1-16-4-3-5-18(12-16)25-31(29,30)20-7-6-17(2)21(13-20)22(28)26-10-8-19(9-11-26)27-15-23-14-24-27/h3-7,12-15,19,25H,8-11H2,1-2H3. The number of anilines is 1. The Morgan fingerprint density at radius 2 is 1.87 bits per heavy atom. The van der Waals surface area contributed by atoms with Gasteiger partial charge in [0, 0.05) is 24.3 Å². The summed E-state index contributed by atoms with van der Waals surface area (Å²) in [5.41, 5.74) is 2.60. The highest BCUT2D eigenvalue weighted by Crippen LogP contribution is 2.25. The van der Waals surface area contributed by atoms with E-state index in [9.17, 15) is 13.2 Å². The lowest BCUT2D eigenvalue weighted by Crippen LogP contribution is -2.39. The van der Waals surface area contributed by atoms with E-state index in [1.807, 2.05) is 24.6 Å². The first kappa shape index (κ1) is 21.0. The van der Waals surface area contributed by atoms with Crippen LogP contribution < -0.4 is 4.72 Å². The quantitative estimate of drug-likeness (QED) is 0.659. The number of carbonyl (C=O) groups is 1. The molecule has 0 radical (unpaired) electrons. The molecule has 1 aromatic heterocycles. The zero-order valence-corrected chi connectivity index (χ0v) is 18.3. The molecule has 3 aromatic rings. The number of benzene rings is 2. The number of rotatable bonds is 5. The molecule has 9 heteroatoms. The van der Waals surface area contributed by atoms with Gasteiger partial charge in [-0.05, 0) is 62.1 Å². The van der Waals surface area contributed by atoms with Crippen LogP contribution in [0.15, 0.2) is 60.0 Å². The molecule has 2 aromatic carbocycles. The number of aromatic nitrogens is 3. The van der Waals surface area contributed by atoms with Crippen LogP contribution >= 0.6 is 0 Å². The summed E-state index contributed by atoms with van der Waals surface area (Å²) >= 11 is 0. The molecule has 0 aliphatic carbocycles. The molecule has 1 aliphatic rings. The minimum Gasteiger partial charge on any atom is -0.338 e. The molecule has 0 saturated carbocycles.